The highest BCUT2D eigenvalue weighted by atomic mass is 16.7. The third-order valence-corrected chi connectivity index (χ3v) is 9.30. The number of unbranched alkanes of at least 4 members (excludes halogenated alkanes) is 20. The zero-order valence-corrected chi connectivity index (χ0v) is 32.3. The van der Waals surface area contributed by atoms with Crippen molar-refractivity contribution in [3.05, 3.63) is 12.0 Å². The van der Waals surface area contributed by atoms with Crippen LogP contribution in [0.25, 0.3) is 0 Å². The summed E-state index contributed by atoms with van der Waals surface area (Å²) in [5.41, 5.74) is 0. The molecule has 0 aromatic carbocycles. The van der Waals surface area contributed by atoms with Crippen LogP contribution in [0.5, 0.6) is 0 Å². The maximum Gasteiger partial charge on any atom is 0.234 e. The molecule has 0 N–H and O–H groups in total. The normalized spacial score (nSPS) is 13.0. The fourth-order valence-corrected chi connectivity index (χ4v) is 6.11. The second-order valence-corrected chi connectivity index (χ2v) is 13.8. The van der Waals surface area contributed by atoms with Gasteiger partial charge >= 0.3 is 0 Å². The minimum absolute atomic E-state index is 0.231. The van der Waals surface area contributed by atoms with Crippen LogP contribution in [0.2, 0.25) is 0 Å². The average Bonchev–Trinajstić information content (AvgIpc) is 3.06. The van der Waals surface area contributed by atoms with Crippen molar-refractivity contribution >= 4 is 0 Å². The molecule has 0 spiro atoms. The molecule has 0 saturated carbocycles. The highest BCUT2D eigenvalue weighted by Gasteiger charge is 2.46. The van der Waals surface area contributed by atoms with Crippen LogP contribution in [0.4, 0.5) is 0 Å². The molecular formula is C42H83O4. The fraction of sp³-hybridized carbons (Fsp3) is 0.952. The molecule has 0 aliphatic carbocycles. The molecule has 0 aromatic heterocycles. The Labute approximate surface area is 289 Å². The van der Waals surface area contributed by atoms with Gasteiger partial charge in [-0.3, -0.25) is 0 Å². The molecule has 46 heavy (non-hydrogen) atoms. The van der Waals surface area contributed by atoms with Crippen molar-refractivity contribution in [1.29, 1.82) is 0 Å². The first-order valence-corrected chi connectivity index (χ1v) is 20.8. The number of ether oxygens (including phenoxy) is 4. The van der Waals surface area contributed by atoms with Crippen molar-refractivity contribution in [3.63, 3.8) is 0 Å². The molecule has 0 amide bonds. The second-order valence-electron chi connectivity index (χ2n) is 13.8. The van der Waals surface area contributed by atoms with E-state index in [9.17, 15) is 0 Å². The van der Waals surface area contributed by atoms with Gasteiger partial charge in [-0.2, -0.15) is 0 Å². The first kappa shape index (κ1) is 45.3. The quantitative estimate of drug-likeness (QED) is 0.0378. The molecule has 1 atom stereocenters. The monoisotopic (exact) mass is 652 g/mol. The van der Waals surface area contributed by atoms with Crippen molar-refractivity contribution < 1.29 is 18.9 Å². The van der Waals surface area contributed by atoms with Gasteiger partial charge in [-0.05, 0) is 38.5 Å². The van der Waals surface area contributed by atoms with E-state index in [1.807, 2.05) is 0 Å². The Morgan fingerprint density at radius 1 is 0.413 bits per heavy atom. The van der Waals surface area contributed by atoms with E-state index in [2.05, 4.69) is 47.8 Å². The van der Waals surface area contributed by atoms with Crippen LogP contribution in [0.15, 0.2) is 5.76 Å². The second kappa shape index (κ2) is 35.6. The van der Waals surface area contributed by atoms with Crippen LogP contribution in [0.1, 0.15) is 221 Å². The molecule has 4 heteroatoms. The molecule has 0 fully saturated rings. The zero-order valence-electron chi connectivity index (χ0n) is 32.3. The van der Waals surface area contributed by atoms with E-state index in [0.29, 0.717) is 32.2 Å². The van der Waals surface area contributed by atoms with E-state index in [1.165, 1.54) is 116 Å². The Hall–Kier alpha value is -0.740. The van der Waals surface area contributed by atoms with Crippen LogP contribution in [0, 0.1) is 12.2 Å². The summed E-state index contributed by atoms with van der Waals surface area (Å²) >= 11 is 0. The van der Waals surface area contributed by atoms with Crippen molar-refractivity contribution in [2.45, 2.75) is 227 Å². The van der Waals surface area contributed by atoms with Crippen LogP contribution in [-0.4, -0.2) is 32.2 Å². The lowest BCUT2D eigenvalue weighted by atomic mass is 9.85. The van der Waals surface area contributed by atoms with Gasteiger partial charge < -0.3 is 18.9 Å². The number of hydrogen-bond donors (Lipinski definition) is 0. The lowest BCUT2D eigenvalue weighted by Crippen LogP contribution is -2.47. The first-order chi connectivity index (χ1) is 22.7. The number of hydrogen-bond acceptors (Lipinski definition) is 4. The highest BCUT2D eigenvalue weighted by molar-refractivity contribution is 5.05. The summed E-state index contributed by atoms with van der Waals surface area (Å²) in [6.45, 7) is 16.1. The first-order valence-electron chi connectivity index (χ1n) is 20.8. The Bertz CT molecular complexity index is 609. The molecule has 0 aliphatic rings. The third-order valence-electron chi connectivity index (χ3n) is 9.30. The maximum absolute atomic E-state index is 6.97. The zero-order chi connectivity index (χ0) is 33.8. The molecule has 4 nitrogen and oxygen atoms in total. The predicted molar refractivity (Wildman–Crippen MR) is 200 cm³/mol. The van der Waals surface area contributed by atoms with Gasteiger partial charge in [0, 0.05) is 5.92 Å². The molecule has 1 radical (unpaired) electrons. The van der Waals surface area contributed by atoms with E-state index >= 15 is 0 Å². The lowest BCUT2D eigenvalue weighted by molar-refractivity contribution is -0.267. The molecule has 0 aliphatic heterocycles. The molecule has 1 unspecified atom stereocenters. The molecule has 0 heterocycles. The third kappa shape index (κ3) is 24.4. The van der Waals surface area contributed by atoms with Crippen molar-refractivity contribution in [2.75, 3.05) is 26.4 Å². The summed E-state index contributed by atoms with van der Waals surface area (Å²) in [4.78, 5) is 0. The standard InChI is InChI=1S/C42H83O4/c1-7-13-19-21-23-25-26-28-30-32-34-40(33-31-29-27-24-22-20-14-8-2)42(45-37-17-11-5,46-38-18-12-6)41(44-36-16-10-4)39-43-35-15-9-3/h40H,7-38H2,1-6H3. The van der Waals surface area contributed by atoms with Crippen molar-refractivity contribution in [3.8, 4) is 0 Å². The van der Waals surface area contributed by atoms with Crippen molar-refractivity contribution in [2.24, 2.45) is 5.92 Å². The Morgan fingerprint density at radius 3 is 1.17 bits per heavy atom. The van der Waals surface area contributed by atoms with E-state index in [1.54, 1.807) is 0 Å². The topological polar surface area (TPSA) is 36.9 Å². The summed E-state index contributed by atoms with van der Waals surface area (Å²) in [5.74, 6) is -0.0276. The van der Waals surface area contributed by atoms with Gasteiger partial charge in [0.2, 0.25) is 17.8 Å². The van der Waals surface area contributed by atoms with E-state index < -0.39 is 5.79 Å². The summed E-state index contributed by atoms with van der Waals surface area (Å²) in [6, 6.07) is 0. The van der Waals surface area contributed by atoms with Gasteiger partial charge in [0.1, 0.15) is 0 Å². The van der Waals surface area contributed by atoms with Crippen LogP contribution in [-0.2, 0) is 18.9 Å². The minimum Gasteiger partial charge on any atom is -0.489 e. The van der Waals surface area contributed by atoms with E-state index in [0.717, 1.165) is 64.2 Å². The highest BCUT2D eigenvalue weighted by Crippen LogP contribution is 2.40. The number of rotatable bonds is 38. The van der Waals surface area contributed by atoms with Gasteiger partial charge in [0.25, 0.3) is 0 Å². The Morgan fingerprint density at radius 2 is 0.761 bits per heavy atom. The minimum atomic E-state index is -0.926. The Kier molecular flexibility index (Phi) is 35.0. The Balaban J connectivity index is 5.96. The molecule has 0 rings (SSSR count). The summed E-state index contributed by atoms with van der Waals surface area (Å²) < 4.78 is 26.6. The van der Waals surface area contributed by atoms with Gasteiger partial charge in [-0.25, -0.2) is 0 Å². The smallest absolute Gasteiger partial charge is 0.234 e. The van der Waals surface area contributed by atoms with Crippen LogP contribution < -0.4 is 0 Å². The maximum atomic E-state index is 6.97. The van der Waals surface area contributed by atoms with Crippen molar-refractivity contribution in [1.82, 2.24) is 0 Å². The molecule has 275 valence electrons. The lowest BCUT2D eigenvalue weighted by Gasteiger charge is -2.41. The summed E-state index contributed by atoms with van der Waals surface area (Å²) in [6.07, 6.45) is 38.1. The molecule has 0 saturated heterocycles. The summed E-state index contributed by atoms with van der Waals surface area (Å²) in [5, 5.41) is 0. The van der Waals surface area contributed by atoms with Gasteiger partial charge in [-0.15, -0.1) is 0 Å². The molecule has 0 bridgehead atoms. The van der Waals surface area contributed by atoms with E-state index in [4.69, 9.17) is 18.9 Å². The molecular weight excluding hydrogens is 568 g/mol. The largest absolute Gasteiger partial charge is 0.489 e. The fourth-order valence-electron chi connectivity index (χ4n) is 6.11. The van der Waals surface area contributed by atoms with E-state index in [-0.39, 0.29) is 5.92 Å². The van der Waals surface area contributed by atoms with Gasteiger partial charge in [0.05, 0.1) is 26.4 Å². The molecule has 0 aromatic rings. The van der Waals surface area contributed by atoms with Gasteiger partial charge in [-0.1, -0.05) is 183 Å². The van der Waals surface area contributed by atoms with Crippen LogP contribution >= 0.6 is 0 Å². The van der Waals surface area contributed by atoms with Crippen LogP contribution in [0.3, 0.4) is 0 Å². The summed E-state index contributed by atoms with van der Waals surface area (Å²) in [7, 11) is 0. The average molecular weight is 652 g/mol. The van der Waals surface area contributed by atoms with Gasteiger partial charge in [0.15, 0.2) is 0 Å². The predicted octanol–water partition coefficient (Wildman–Crippen LogP) is 14.1. The SMILES string of the molecule is CCCCCCCCCCCCC(CCCCCCCCCC)C(OCCCC)(OCCCC)/C(=[C]/OCCCC)OCCCC.